The van der Waals surface area contributed by atoms with Crippen molar-refractivity contribution in [3.8, 4) is 23.1 Å². The molecule has 3 aromatic rings. The van der Waals surface area contributed by atoms with E-state index < -0.39 is 23.0 Å². The highest BCUT2D eigenvalue weighted by Crippen LogP contribution is 2.32. The van der Waals surface area contributed by atoms with Crippen molar-refractivity contribution in [2.75, 3.05) is 6.26 Å². The molecule has 28 heavy (non-hydrogen) atoms. The van der Waals surface area contributed by atoms with Gasteiger partial charge in [0.25, 0.3) is 5.56 Å². The van der Waals surface area contributed by atoms with E-state index in [1.807, 2.05) is 0 Å². The van der Waals surface area contributed by atoms with Gasteiger partial charge in [-0.1, -0.05) is 11.8 Å². The maximum atomic E-state index is 13.8. The highest BCUT2D eigenvalue weighted by Gasteiger charge is 2.18. The number of benzene rings is 2. The second-order valence-electron chi connectivity index (χ2n) is 5.58. The van der Waals surface area contributed by atoms with Crippen molar-refractivity contribution >= 4 is 11.8 Å². The summed E-state index contributed by atoms with van der Waals surface area (Å²) in [5.74, 6) is -2.21. The Balaban J connectivity index is 2.06. The van der Waals surface area contributed by atoms with Crippen molar-refractivity contribution in [3.05, 3.63) is 75.3 Å². The number of nitriles is 1. The fourth-order valence-corrected chi connectivity index (χ4v) is 2.83. The van der Waals surface area contributed by atoms with E-state index in [0.29, 0.717) is 6.07 Å². The average Bonchev–Trinajstić information content (AvgIpc) is 2.66. The molecule has 0 fully saturated rings. The molecule has 0 saturated carbocycles. The van der Waals surface area contributed by atoms with Gasteiger partial charge in [-0.15, -0.1) is 0 Å². The first-order valence-electron chi connectivity index (χ1n) is 7.88. The zero-order valence-corrected chi connectivity index (χ0v) is 15.2. The van der Waals surface area contributed by atoms with Crippen molar-refractivity contribution in [1.29, 1.82) is 5.26 Å². The van der Waals surface area contributed by atoms with Crippen LogP contribution < -0.4 is 10.3 Å². The van der Waals surface area contributed by atoms with Gasteiger partial charge in [-0.05, 0) is 30.5 Å². The number of halogens is 3. The number of hydrogen-bond donors (Lipinski definition) is 1. The van der Waals surface area contributed by atoms with Crippen LogP contribution in [-0.4, -0.2) is 16.2 Å². The first-order chi connectivity index (χ1) is 13.4. The molecule has 142 valence electrons. The third-order valence-corrected chi connectivity index (χ3v) is 4.38. The van der Waals surface area contributed by atoms with Crippen LogP contribution in [0, 0.1) is 28.8 Å². The Hall–Kier alpha value is -3.25. The van der Waals surface area contributed by atoms with E-state index >= 15 is 0 Å². The molecule has 0 saturated heterocycles. The summed E-state index contributed by atoms with van der Waals surface area (Å²) >= 11 is 1.16. The van der Waals surface area contributed by atoms with Crippen molar-refractivity contribution in [3.63, 3.8) is 0 Å². The topological polar surface area (TPSA) is 78.8 Å². The Morgan fingerprint density at radius 2 is 1.89 bits per heavy atom. The zero-order chi connectivity index (χ0) is 20.3. The molecule has 1 aromatic heterocycles. The van der Waals surface area contributed by atoms with Gasteiger partial charge in [0.1, 0.15) is 47.1 Å². The fraction of sp³-hybridized carbons (Fsp3) is 0.105. The van der Waals surface area contributed by atoms with Gasteiger partial charge in [0.15, 0.2) is 5.16 Å². The number of H-pyrrole nitrogens is 1. The summed E-state index contributed by atoms with van der Waals surface area (Å²) in [7, 11) is 0. The molecule has 0 aliphatic carbocycles. The predicted octanol–water partition coefficient (Wildman–Crippen LogP) is 4.03. The number of nitrogens with one attached hydrogen (secondary N) is 1. The summed E-state index contributed by atoms with van der Waals surface area (Å²) in [6.07, 6.45) is 1.69. The summed E-state index contributed by atoms with van der Waals surface area (Å²) in [6, 6.07) is 8.26. The van der Waals surface area contributed by atoms with Crippen LogP contribution in [0.4, 0.5) is 13.2 Å². The predicted molar refractivity (Wildman–Crippen MR) is 97.4 cm³/mol. The molecule has 5 nitrogen and oxygen atoms in total. The van der Waals surface area contributed by atoms with Gasteiger partial charge in [-0.3, -0.25) is 4.79 Å². The van der Waals surface area contributed by atoms with E-state index in [1.54, 1.807) is 12.3 Å². The summed E-state index contributed by atoms with van der Waals surface area (Å²) in [5.41, 5.74) is -0.633. The van der Waals surface area contributed by atoms with Crippen LogP contribution in [0.3, 0.4) is 0 Å². The highest BCUT2D eigenvalue weighted by atomic mass is 32.2. The van der Waals surface area contributed by atoms with Crippen LogP contribution in [0.5, 0.6) is 5.75 Å². The summed E-state index contributed by atoms with van der Waals surface area (Å²) < 4.78 is 46.2. The maximum absolute atomic E-state index is 13.8. The molecule has 0 atom stereocenters. The molecular weight excluding hydrogens is 391 g/mol. The molecule has 1 heterocycles. The van der Waals surface area contributed by atoms with Gasteiger partial charge in [-0.2, -0.15) is 5.26 Å². The van der Waals surface area contributed by atoms with Crippen LogP contribution in [0.1, 0.15) is 11.1 Å². The third-order valence-electron chi connectivity index (χ3n) is 3.80. The molecule has 0 amide bonds. The van der Waals surface area contributed by atoms with Crippen molar-refractivity contribution < 1.29 is 17.9 Å². The molecule has 0 aliphatic rings. The molecule has 9 heteroatoms. The van der Waals surface area contributed by atoms with Crippen molar-refractivity contribution in [1.82, 2.24) is 9.97 Å². The lowest BCUT2D eigenvalue weighted by molar-refractivity contribution is 0.299. The minimum Gasteiger partial charge on any atom is -0.488 e. The fourth-order valence-electron chi connectivity index (χ4n) is 2.45. The lowest BCUT2D eigenvalue weighted by Gasteiger charge is -2.13. The lowest BCUT2D eigenvalue weighted by atomic mass is 10.1. The van der Waals surface area contributed by atoms with E-state index in [1.165, 1.54) is 12.1 Å². The normalized spacial score (nSPS) is 10.5. The molecule has 0 aliphatic heterocycles. The molecule has 0 unspecified atom stereocenters. The maximum Gasteiger partial charge on any atom is 0.270 e. The van der Waals surface area contributed by atoms with E-state index in [0.717, 1.165) is 30.0 Å². The Morgan fingerprint density at radius 1 is 1.18 bits per heavy atom. The molecule has 2 aromatic carbocycles. The molecular formula is C19H12F3N3O2S. The number of rotatable bonds is 5. The number of nitrogens with zero attached hydrogens (tertiary/aromatic N) is 2. The van der Waals surface area contributed by atoms with Gasteiger partial charge in [0.05, 0.1) is 0 Å². The van der Waals surface area contributed by atoms with Crippen LogP contribution in [0.25, 0.3) is 11.3 Å². The largest absolute Gasteiger partial charge is 0.488 e. The Bertz CT molecular complexity index is 1140. The first kappa shape index (κ1) is 19.5. The van der Waals surface area contributed by atoms with Gasteiger partial charge in [0.2, 0.25) is 0 Å². The second-order valence-corrected chi connectivity index (χ2v) is 6.37. The number of ether oxygens (including phenoxy) is 1. The monoisotopic (exact) mass is 403 g/mol. The van der Waals surface area contributed by atoms with Gasteiger partial charge < -0.3 is 9.72 Å². The highest BCUT2D eigenvalue weighted by molar-refractivity contribution is 7.98. The Kier molecular flexibility index (Phi) is 5.70. The molecule has 1 N–H and O–H groups in total. The van der Waals surface area contributed by atoms with Crippen LogP contribution >= 0.6 is 11.8 Å². The van der Waals surface area contributed by atoms with Crippen LogP contribution in [0.15, 0.2) is 46.3 Å². The van der Waals surface area contributed by atoms with Crippen LogP contribution in [-0.2, 0) is 6.61 Å². The minimum atomic E-state index is -0.811. The van der Waals surface area contributed by atoms with Gasteiger partial charge in [-0.25, -0.2) is 18.2 Å². The lowest BCUT2D eigenvalue weighted by Crippen LogP contribution is -2.15. The minimum absolute atomic E-state index is 0.0187. The number of aromatic amines is 1. The van der Waals surface area contributed by atoms with Crippen molar-refractivity contribution in [2.45, 2.75) is 11.8 Å². The van der Waals surface area contributed by atoms with Crippen LogP contribution in [0.2, 0.25) is 0 Å². The number of hydrogen-bond acceptors (Lipinski definition) is 5. The zero-order valence-electron chi connectivity index (χ0n) is 14.4. The van der Waals surface area contributed by atoms with Gasteiger partial charge >= 0.3 is 0 Å². The Morgan fingerprint density at radius 3 is 2.57 bits per heavy atom. The van der Waals surface area contributed by atoms with Crippen molar-refractivity contribution in [2.24, 2.45) is 0 Å². The number of thioether (sulfide) groups is 1. The quantitative estimate of drug-likeness (QED) is 0.514. The Labute approximate surface area is 161 Å². The molecule has 0 bridgehead atoms. The van der Waals surface area contributed by atoms with E-state index in [9.17, 15) is 23.2 Å². The van der Waals surface area contributed by atoms with Gasteiger partial charge in [0, 0.05) is 23.3 Å². The van der Waals surface area contributed by atoms with E-state index in [2.05, 4.69) is 9.97 Å². The standard InChI is InChI=1S/C19H12F3N3O2S/c1-28-19-24-17(14(8-23)18(26)25-19)13-5-4-12(21)7-16(13)27-9-10-2-3-11(20)6-15(10)22/h2-7H,9H2,1H3,(H,24,25,26). The molecule has 0 spiro atoms. The summed E-state index contributed by atoms with van der Waals surface area (Å²) in [4.78, 5) is 18.8. The van der Waals surface area contributed by atoms with E-state index in [4.69, 9.17) is 4.74 Å². The van der Waals surface area contributed by atoms with E-state index in [-0.39, 0.29) is 39.9 Å². The third kappa shape index (κ3) is 4.02. The molecule has 3 rings (SSSR count). The second kappa shape index (κ2) is 8.19. The molecule has 0 radical (unpaired) electrons. The SMILES string of the molecule is CSc1nc(-c2ccc(F)cc2OCc2ccc(F)cc2F)c(C#N)c(=O)[nH]1. The number of aromatic nitrogens is 2. The summed E-state index contributed by atoms with van der Waals surface area (Å²) in [6.45, 7) is -0.316. The summed E-state index contributed by atoms with van der Waals surface area (Å²) in [5, 5.41) is 9.59. The smallest absolute Gasteiger partial charge is 0.270 e. The first-order valence-corrected chi connectivity index (χ1v) is 9.10. The average molecular weight is 403 g/mol.